The predicted molar refractivity (Wildman–Crippen MR) is 56.8 cm³/mol. The first-order valence-electron chi connectivity index (χ1n) is 5.59. The molecule has 2 aliphatic rings. The van der Waals surface area contributed by atoms with Gasteiger partial charge in [0.05, 0.1) is 24.7 Å². The fraction of sp³-hybridized carbons (Fsp3) is 0.636. The molecule has 0 aromatic carbocycles. The molecule has 0 bridgehead atoms. The third-order valence-electron chi connectivity index (χ3n) is 3.28. The van der Waals surface area contributed by atoms with Gasteiger partial charge in [0.25, 0.3) is 5.91 Å². The van der Waals surface area contributed by atoms with Gasteiger partial charge in [-0.05, 0) is 6.08 Å². The number of nitrogens with zero attached hydrogens (tertiary/aromatic N) is 1. The van der Waals surface area contributed by atoms with Crippen LogP contribution in [0.25, 0.3) is 0 Å². The molecule has 0 radical (unpaired) electrons. The molecule has 1 fully saturated rings. The number of halogens is 1. The van der Waals surface area contributed by atoms with Crippen molar-refractivity contribution in [3.63, 3.8) is 0 Å². The van der Waals surface area contributed by atoms with Crippen LogP contribution >= 0.6 is 0 Å². The van der Waals surface area contributed by atoms with Crippen molar-refractivity contribution in [3.05, 3.63) is 11.9 Å². The van der Waals surface area contributed by atoms with Gasteiger partial charge in [0, 0.05) is 13.5 Å². The van der Waals surface area contributed by atoms with Crippen LogP contribution in [0.2, 0.25) is 0 Å². The molecular formula is C11H14FNO5. The maximum Gasteiger partial charge on any atom is 0.288 e. The summed E-state index contributed by atoms with van der Waals surface area (Å²) < 4.78 is 18.6. The van der Waals surface area contributed by atoms with Crippen LogP contribution in [-0.4, -0.2) is 58.9 Å². The van der Waals surface area contributed by atoms with Gasteiger partial charge in [-0.2, -0.15) is 0 Å². The van der Waals surface area contributed by atoms with E-state index < -0.39 is 41.9 Å². The first-order valence-corrected chi connectivity index (χ1v) is 5.59. The number of imide groups is 1. The van der Waals surface area contributed by atoms with Gasteiger partial charge in [0.15, 0.2) is 5.83 Å². The summed E-state index contributed by atoms with van der Waals surface area (Å²) in [5, 5.41) is 18.5. The number of rotatable bonds is 2. The molecule has 1 unspecified atom stereocenters. The predicted octanol–water partition coefficient (Wildman–Crippen LogP) is -1.03. The molecule has 0 aromatic heterocycles. The van der Waals surface area contributed by atoms with Gasteiger partial charge in [0.1, 0.15) is 6.10 Å². The second-order valence-electron chi connectivity index (χ2n) is 4.44. The second-order valence-corrected chi connectivity index (χ2v) is 4.44. The summed E-state index contributed by atoms with van der Waals surface area (Å²) in [6, 6.07) is 0. The van der Waals surface area contributed by atoms with Crippen LogP contribution in [0.3, 0.4) is 0 Å². The van der Waals surface area contributed by atoms with Crippen LogP contribution in [0.1, 0.15) is 6.42 Å². The van der Waals surface area contributed by atoms with E-state index in [-0.39, 0.29) is 13.0 Å². The minimum Gasteiger partial charge on any atom is -0.394 e. The van der Waals surface area contributed by atoms with Crippen molar-refractivity contribution in [3.8, 4) is 0 Å². The lowest BCUT2D eigenvalue weighted by Gasteiger charge is -2.27. The average molecular weight is 259 g/mol. The van der Waals surface area contributed by atoms with Gasteiger partial charge in [-0.15, -0.1) is 0 Å². The summed E-state index contributed by atoms with van der Waals surface area (Å²) in [6.07, 6.45) is -1.37. The Hall–Kier alpha value is -1.31. The number of hydrogen-bond donors (Lipinski definition) is 2. The van der Waals surface area contributed by atoms with Crippen LogP contribution in [0.4, 0.5) is 4.39 Å². The van der Waals surface area contributed by atoms with Crippen molar-refractivity contribution < 1.29 is 28.9 Å². The van der Waals surface area contributed by atoms with Gasteiger partial charge < -0.3 is 14.9 Å². The van der Waals surface area contributed by atoms with E-state index in [1.807, 2.05) is 0 Å². The molecule has 2 rings (SSSR count). The zero-order chi connectivity index (χ0) is 13.4. The second kappa shape index (κ2) is 4.75. The smallest absolute Gasteiger partial charge is 0.288 e. The van der Waals surface area contributed by atoms with E-state index in [1.54, 1.807) is 0 Å². The Morgan fingerprint density at radius 3 is 2.78 bits per heavy atom. The topological polar surface area (TPSA) is 87.1 Å². The van der Waals surface area contributed by atoms with E-state index >= 15 is 0 Å². The molecule has 0 spiro atoms. The maximum absolute atomic E-state index is 13.3. The van der Waals surface area contributed by atoms with Crippen LogP contribution in [0.15, 0.2) is 11.9 Å². The van der Waals surface area contributed by atoms with Crippen molar-refractivity contribution in [2.24, 2.45) is 5.92 Å². The van der Waals surface area contributed by atoms with Gasteiger partial charge in [0.2, 0.25) is 5.91 Å². The number of carbonyl (C=O) groups is 2. The zero-order valence-electron chi connectivity index (χ0n) is 9.75. The van der Waals surface area contributed by atoms with Crippen molar-refractivity contribution in [2.75, 3.05) is 13.7 Å². The Labute approximate surface area is 103 Å². The number of carbonyl (C=O) groups excluding carboxylic acids is 2. The number of ether oxygens (including phenoxy) is 1. The largest absolute Gasteiger partial charge is 0.394 e. The summed E-state index contributed by atoms with van der Waals surface area (Å²) in [5.41, 5.74) is 0. The Morgan fingerprint density at radius 1 is 1.56 bits per heavy atom. The molecule has 0 aliphatic carbocycles. The lowest BCUT2D eigenvalue weighted by Crippen LogP contribution is -2.45. The fourth-order valence-electron chi connectivity index (χ4n) is 2.21. The first kappa shape index (κ1) is 13.1. The molecule has 100 valence electrons. The van der Waals surface area contributed by atoms with E-state index in [1.165, 1.54) is 7.05 Å². The zero-order valence-corrected chi connectivity index (χ0v) is 9.75. The van der Waals surface area contributed by atoms with Crippen molar-refractivity contribution >= 4 is 11.8 Å². The molecule has 0 aromatic rings. The van der Waals surface area contributed by atoms with E-state index in [4.69, 9.17) is 9.84 Å². The minimum atomic E-state index is -1.01. The lowest BCUT2D eigenvalue weighted by molar-refractivity contribution is -0.148. The van der Waals surface area contributed by atoms with E-state index in [9.17, 15) is 19.1 Å². The summed E-state index contributed by atoms with van der Waals surface area (Å²) in [6.45, 7) is -0.375. The minimum absolute atomic E-state index is 0.118. The van der Waals surface area contributed by atoms with Crippen molar-refractivity contribution in [1.82, 2.24) is 4.90 Å². The molecule has 0 saturated carbocycles. The number of aliphatic hydroxyl groups is 2. The Balaban J connectivity index is 2.19. The molecule has 7 heteroatoms. The lowest BCUT2D eigenvalue weighted by atomic mass is 9.94. The van der Waals surface area contributed by atoms with Crippen LogP contribution in [0, 0.1) is 5.92 Å². The van der Waals surface area contributed by atoms with Gasteiger partial charge in [-0.1, -0.05) is 0 Å². The molecule has 4 atom stereocenters. The average Bonchev–Trinajstić information content (AvgIpc) is 2.72. The number of hydrogen-bond acceptors (Lipinski definition) is 5. The third kappa shape index (κ3) is 2.05. The number of aliphatic hydroxyl groups excluding tert-OH is 2. The molecule has 2 amide bonds. The highest BCUT2D eigenvalue weighted by atomic mass is 19.1. The number of amides is 2. The molecular weight excluding hydrogens is 245 g/mol. The van der Waals surface area contributed by atoms with Gasteiger partial charge in [-0.25, -0.2) is 4.39 Å². The van der Waals surface area contributed by atoms with Crippen molar-refractivity contribution in [2.45, 2.75) is 24.7 Å². The molecule has 6 nitrogen and oxygen atoms in total. The fourth-order valence-corrected chi connectivity index (χ4v) is 2.21. The Morgan fingerprint density at radius 2 is 2.22 bits per heavy atom. The Bertz CT molecular complexity index is 410. The standard InChI is InChI=1S/C11H14FNO5/c1-13-10(16)5(2-6(12)11(13)17)8-3-7(15)9(4-14)18-8/h2,5,7-9,14-15H,3-4H2,1H3/t5?,7-,8+,9+/m0/s1. The van der Waals surface area contributed by atoms with Crippen LogP contribution in [0.5, 0.6) is 0 Å². The summed E-state index contributed by atoms with van der Waals surface area (Å²) >= 11 is 0. The highest BCUT2D eigenvalue weighted by Crippen LogP contribution is 2.31. The molecule has 2 heterocycles. The summed E-state index contributed by atoms with van der Waals surface area (Å²) in [5.74, 6) is -3.50. The summed E-state index contributed by atoms with van der Waals surface area (Å²) in [4.78, 5) is 23.7. The van der Waals surface area contributed by atoms with E-state index in [0.717, 1.165) is 6.08 Å². The first-order chi connectivity index (χ1) is 8.45. The molecule has 18 heavy (non-hydrogen) atoms. The molecule has 1 saturated heterocycles. The highest BCUT2D eigenvalue weighted by molar-refractivity contribution is 6.07. The monoisotopic (exact) mass is 259 g/mol. The Kier molecular flexibility index (Phi) is 3.47. The molecule has 2 N–H and O–H groups in total. The molecule has 2 aliphatic heterocycles. The SMILES string of the molecule is CN1C(=O)C(F)=CC([C@H]2C[C@H](O)[C@@H](CO)O2)C1=O. The highest BCUT2D eigenvalue weighted by Gasteiger charge is 2.44. The number of likely N-dealkylation sites (N-methyl/N-ethyl adjacent to an activating group) is 1. The van der Waals surface area contributed by atoms with Crippen LogP contribution in [-0.2, 0) is 14.3 Å². The van der Waals surface area contributed by atoms with Crippen molar-refractivity contribution in [1.29, 1.82) is 0 Å². The quantitative estimate of drug-likeness (QED) is 0.619. The van der Waals surface area contributed by atoms with E-state index in [2.05, 4.69) is 0 Å². The van der Waals surface area contributed by atoms with Crippen LogP contribution < -0.4 is 0 Å². The van der Waals surface area contributed by atoms with Gasteiger partial charge >= 0.3 is 0 Å². The normalized spacial score (nSPS) is 37.1. The van der Waals surface area contributed by atoms with Gasteiger partial charge in [-0.3, -0.25) is 14.5 Å². The summed E-state index contributed by atoms with van der Waals surface area (Å²) in [7, 11) is 1.19. The third-order valence-corrected chi connectivity index (χ3v) is 3.28. The van der Waals surface area contributed by atoms with E-state index in [0.29, 0.717) is 4.90 Å². The maximum atomic E-state index is 13.3.